The van der Waals surface area contributed by atoms with Crippen LogP contribution in [0.4, 0.5) is 0 Å². The van der Waals surface area contributed by atoms with Crippen LogP contribution >= 0.6 is 0 Å². The van der Waals surface area contributed by atoms with E-state index in [-0.39, 0.29) is 11.1 Å². The number of rotatable bonds is 4. The molecule has 98 valence electrons. The predicted octanol–water partition coefficient (Wildman–Crippen LogP) is 2.91. The molecule has 0 aliphatic carbocycles. The Morgan fingerprint density at radius 3 is 2.26 bits per heavy atom. The van der Waals surface area contributed by atoms with Crippen molar-refractivity contribution < 1.29 is 4.79 Å². The molecule has 2 rings (SSSR count). The molecular formula is C16H17NO2. The number of pyridine rings is 1. The van der Waals surface area contributed by atoms with Crippen LogP contribution in [-0.2, 0) is 13.0 Å². The van der Waals surface area contributed by atoms with Gasteiger partial charge in [0.05, 0.1) is 11.3 Å². The molecule has 2 aromatic rings. The van der Waals surface area contributed by atoms with Gasteiger partial charge >= 0.3 is 0 Å². The Balaban J connectivity index is 2.58. The lowest BCUT2D eigenvalue weighted by Crippen LogP contribution is -2.24. The smallest absolute Gasteiger partial charge is 0.261 e. The van der Waals surface area contributed by atoms with E-state index in [2.05, 4.69) is 19.1 Å². The fraction of sp³-hybridized carbons (Fsp3) is 0.250. The van der Waals surface area contributed by atoms with E-state index in [1.54, 1.807) is 10.6 Å². The van der Waals surface area contributed by atoms with Crippen molar-refractivity contribution in [2.24, 2.45) is 0 Å². The van der Waals surface area contributed by atoms with Crippen LogP contribution in [0.3, 0.4) is 0 Å². The fourth-order valence-corrected chi connectivity index (χ4v) is 2.16. The Morgan fingerprint density at radius 2 is 1.74 bits per heavy atom. The van der Waals surface area contributed by atoms with Crippen LogP contribution in [0.1, 0.15) is 29.8 Å². The summed E-state index contributed by atoms with van der Waals surface area (Å²) in [5.41, 5.74) is 3.08. The van der Waals surface area contributed by atoms with Crippen LogP contribution in [0.2, 0.25) is 0 Å². The molecule has 0 aliphatic heterocycles. The number of benzene rings is 1. The minimum atomic E-state index is -0.227. The maximum atomic E-state index is 12.1. The molecule has 0 spiro atoms. The maximum absolute atomic E-state index is 12.1. The molecule has 1 heterocycles. The van der Waals surface area contributed by atoms with Crippen LogP contribution in [0.15, 0.2) is 41.2 Å². The Morgan fingerprint density at radius 1 is 1.05 bits per heavy atom. The molecule has 0 N–H and O–H groups in total. The average Bonchev–Trinajstić information content (AvgIpc) is 2.47. The molecule has 0 amide bonds. The van der Waals surface area contributed by atoms with Crippen LogP contribution < -0.4 is 5.56 Å². The highest BCUT2D eigenvalue weighted by atomic mass is 16.1. The van der Waals surface area contributed by atoms with Gasteiger partial charge in [-0.25, -0.2) is 0 Å². The number of aldehydes is 1. The molecular weight excluding hydrogens is 238 g/mol. The van der Waals surface area contributed by atoms with Crippen LogP contribution in [0, 0.1) is 0 Å². The van der Waals surface area contributed by atoms with Gasteiger partial charge in [-0.3, -0.25) is 9.59 Å². The van der Waals surface area contributed by atoms with Crippen LogP contribution in [0.25, 0.3) is 11.3 Å². The van der Waals surface area contributed by atoms with Gasteiger partial charge in [-0.2, -0.15) is 0 Å². The number of carbonyl (C=O) groups is 1. The molecule has 0 aliphatic rings. The largest absolute Gasteiger partial charge is 0.308 e. The third-order valence-corrected chi connectivity index (χ3v) is 3.30. The maximum Gasteiger partial charge on any atom is 0.261 e. The molecule has 19 heavy (non-hydrogen) atoms. The molecule has 0 atom stereocenters. The van der Waals surface area contributed by atoms with Gasteiger partial charge in [0.25, 0.3) is 5.56 Å². The quantitative estimate of drug-likeness (QED) is 0.788. The Hall–Kier alpha value is -2.16. The summed E-state index contributed by atoms with van der Waals surface area (Å²) in [4.78, 5) is 22.9. The predicted molar refractivity (Wildman–Crippen MR) is 76.6 cm³/mol. The SMILES string of the molecule is CCc1ccc(-c2ccc(C=O)c(=O)n2CC)cc1. The van der Waals surface area contributed by atoms with Crippen molar-refractivity contribution in [1.82, 2.24) is 4.57 Å². The molecule has 3 nitrogen and oxygen atoms in total. The molecule has 0 unspecified atom stereocenters. The van der Waals surface area contributed by atoms with Gasteiger partial charge < -0.3 is 4.57 Å². The van der Waals surface area contributed by atoms with E-state index in [0.717, 1.165) is 17.7 Å². The topological polar surface area (TPSA) is 39.1 Å². The van der Waals surface area contributed by atoms with Crippen molar-refractivity contribution in [3.8, 4) is 11.3 Å². The summed E-state index contributed by atoms with van der Waals surface area (Å²) in [6.45, 7) is 4.56. The number of carbonyl (C=O) groups excluding carboxylic acids is 1. The number of aromatic nitrogens is 1. The summed E-state index contributed by atoms with van der Waals surface area (Å²) in [7, 11) is 0. The summed E-state index contributed by atoms with van der Waals surface area (Å²) < 4.78 is 1.63. The molecule has 0 radical (unpaired) electrons. The van der Waals surface area contributed by atoms with Crippen molar-refractivity contribution in [2.45, 2.75) is 26.8 Å². The Bertz CT molecular complexity index is 639. The van der Waals surface area contributed by atoms with Crippen molar-refractivity contribution in [3.05, 3.63) is 57.9 Å². The number of nitrogens with zero attached hydrogens (tertiary/aromatic N) is 1. The zero-order valence-corrected chi connectivity index (χ0v) is 11.2. The normalized spacial score (nSPS) is 10.4. The van der Waals surface area contributed by atoms with Crippen molar-refractivity contribution in [2.75, 3.05) is 0 Å². The van der Waals surface area contributed by atoms with E-state index < -0.39 is 0 Å². The first-order valence-corrected chi connectivity index (χ1v) is 6.49. The minimum absolute atomic E-state index is 0.204. The second-order valence-corrected chi connectivity index (χ2v) is 4.39. The second-order valence-electron chi connectivity index (χ2n) is 4.39. The summed E-state index contributed by atoms with van der Waals surface area (Å²) in [5.74, 6) is 0. The first kappa shape index (κ1) is 13.3. The van der Waals surface area contributed by atoms with E-state index >= 15 is 0 Å². The molecule has 3 heteroatoms. The van der Waals surface area contributed by atoms with Gasteiger partial charge in [0.15, 0.2) is 6.29 Å². The molecule has 1 aromatic heterocycles. The minimum Gasteiger partial charge on any atom is -0.308 e. The van der Waals surface area contributed by atoms with E-state index in [4.69, 9.17) is 0 Å². The summed E-state index contributed by atoms with van der Waals surface area (Å²) in [5, 5.41) is 0. The summed E-state index contributed by atoms with van der Waals surface area (Å²) in [6.07, 6.45) is 1.60. The lowest BCUT2D eigenvalue weighted by atomic mass is 10.1. The average molecular weight is 255 g/mol. The third kappa shape index (κ3) is 2.50. The molecule has 0 saturated heterocycles. The van der Waals surface area contributed by atoms with Gasteiger partial charge in [-0.1, -0.05) is 31.2 Å². The lowest BCUT2D eigenvalue weighted by molar-refractivity contribution is 0.112. The first-order valence-electron chi connectivity index (χ1n) is 6.49. The van der Waals surface area contributed by atoms with Gasteiger partial charge in [-0.05, 0) is 36.6 Å². The second kappa shape index (κ2) is 5.65. The zero-order chi connectivity index (χ0) is 13.8. The highest BCUT2D eigenvalue weighted by Gasteiger charge is 2.08. The highest BCUT2D eigenvalue weighted by Crippen LogP contribution is 2.19. The van der Waals surface area contributed by atoms with Crippen molar-refractivity contribution >= 4 is 6.29 Å². The van der Waals surface area contributed by atoms with Gasteiger partial charge in [-0.15, -0.1) is 0 Å². The van der Waals surface area contributed by atoms with E-state index in [1.165, 1.54) is 5.56 Å². The summed E-state index contributed by atoms with van der Waals surface area (Å²) >= 11 is 0. The van der Waals surface area contributed by atoms with E-state index in [0.29, 0.717) is 12.8 Å². The summed E-state index contributed by atoms with van der Waals surface area (Å²) in [6, 6.07) is 11.6. The lowest BCUT2D eigenvalue weighted by Gasteiger charge is -2.12. The molecule has 0 fully saturated rings. The number of hydrogen-bond acceptors (Lipinski definition) is 2. The van der Waals surface area contributed by atoms with Crippen molar-refractivity contribution in [1.29, 1.82) is 0 Å². The molecule has 0 bridgehead atoms. The van der Waals surface area contributed by atoms with Crippen LogP contribution in [-0.4, -0.2) is 10.9 Å². The van der Waals surface area contributed by atoms with E-state index in [1.807, 2.05) is 25.1 Å². The third-order valence-electron chi connectivity index (χ3n) is 3.30. The Kier molecular flexibility index (Phi) is 3.95. The Labute approximate surface area is 112 Å². The molecule has 1 aromatic carbocycles. The van der Waals surface area contributed by atoms with Gasteiger partial charge in [0.1, 0.15) is 0 Å². The zero-order valence-electron chi connectivity index (χ0n) is 11.2. The molecule has 0 saturated carbocycles. The monoisotopic (exact) mass is 255 g/mol. The van der Waals surface area contributed by atoms with Crippen LogP contribution in [0.5, 0.6) is 0 Å². The standard InChI is InChI=1S/C16H17NO2/c1-3-12-5-7-13(8-6-12)15-10-9-14(11-18)16(19)17(15)4-2/h5-11H,3-4H2,1-2H3. The first-order chi connectivity index (χ1) is 9.21. The van der Waals surface area contributed by atoms with E-state index in [9.17, 15) is 9.59 Å². The van der Waals surface area contributed by atoms with Gasteiger partial charge in [0, 0.05) is 6.54 Å². The highest BCUT2D eigenvalue weighted by molar-refractivity contribution is 5.75. The van der Waals surface area contributed by atoms with Crippen molar-refractivity contribution in [3.63, 3.8) is 0 Å². The fourth-order valence-electron chi connectivity index (χ4n) is 2.16. The number of hydrogen-bond donors (Lipinski definition) is 0. The van der Waals surface area contributed by atoms with Gasteiger partial charge in [0.2, 0.25) is 0 Å². The number of aryl methyl sites for hydroxylation is 1.